The number of halogens is 1. The van der Waals surface area contributed by atoms with Crippen molar-refractivity contribution in [3.8, 4) is 0 Å². The average Bonchev–Trinajstić information content (AvgIpc) is 2.75. The van der Waals surface area contributed by atoms with Crippen LogP contribution in [0.15, 0.2) is 17.5 Å². The predicted molar refractivity (Wildman–Crippen MR) is 65.4 cm³/mol. The van der Waals surface area contributed by atoms with Gasteiger partial charge in [0.25, 0.3) is 0 Å². The van der Waals surface area contributed by atoms with Gasteiger partial charge in [0.1, 0.15) is 0 Å². The minimum Gasteiger partial charge on any atom is -0.338 e. The molecule has 0 saturated carbocycles. The molecule has 0 unspecified atom stereocenters. The van der Waals surface area contributed by atoms with Gasteiger partial charge < -0.3 is 4.90 Å². The minimum absolute atomic E-state index is 0.201. The first-order valence-corrected chi connectivity index (χ1v) is 6.55. The maximum atomic E-state index is 11.7. The Hall–Kier alpha value is -0.540. The van der Waals surface area contributed by atoms with Crippen LogP contribution in [0.25, 0.3) is 0 Å². The smallest absolute Gasteiger partial charge is 0.222 e. The number of nitrogens with zero attached hydrogens (tertiary/aromatic N) is 1. The highest BCUT2D eigenvalue weighted by molar-refractivity contribution is 7.09. The Bertz CT molecular complexity index is 287. The van der Waals surface area contributed by atoms with Crippen LogP contribution in [0.4, 0.5) is 0 Å². The van der Waals surface area contributed by atoms with Crippen LogP contribution in [0.3, 0.4) is 0 Å². The van der Waals surface area contributed by atoms with E-state index in [4.69, 9.17) is 11.6 Å². The maximum absolute atomic E-state index is 11.7. The Morgan fingerprint density at radius 2 is 2.40 bits per heavy atom. The molecule has 0 aromatic carbocycles. The third-order valence-corrected chi connectivity index (χ3v) is 3.31. The lowest BCUT2D eigenvalue weighted by atomic mass is 10.3. The van der Waals surface area contributed by atoms with E-state index in [-0.39, 0.29) is 5.91 Å². The van der Waals surface area contributed by atoms with Crippen LogP contribution in [0.2, 0.25) is 0 Å². The van der Waals surface area contributed by atoms with E-state index in [0.29, 0.717) is 12.3 Å². The van der Waals surface area contributed by atoms with Gasteiger partial charge in [-0.3, -0.25) is 4.79 Å². The highest BCUT2D eigenvalue weighted by Crippen LogP contribution is 2.12. The summed E-state index contributed by atoms with van der Waals surface area (Å²) in [4.78, 5) is 14.8. The molecule has 0 aliphatic carbocycles. The lowest BCUT2D eigenvalue weighted by Gasteiger charge is -2.19. The zero-order valence-corrected chi connectivity index (χ0v) is 10.5. The van der Waals surface area contributed by atoms with E-state index in [1.807, 2.05) is 23.3 Å². The monoisotopic (exact) mass is 245 g/mol. The first kappa shape index (κ1) is 12.5. The van der Waals surface area contributed by atoms with Crippen molar-refractivity contribution < 1.29 is 4.79 Å². The van der Waals surface area contributed by atoms with Gasteiger partial charge in [0.2, 0.25) is 5.91 Å². The van der Waals surface area contributed by atoms with Crippen LogP contribution in [-0.2, 0) is 11.3 Å². The SMILES string of the molecule is CCN(Cc1cccs1)C(=O)CCCCl. The quantitative estimate of drug-likeness (QED) is 0.706. The number of thiophene rings is 1. The number of amides is 1. The Morgan fingerprint density at radius 3 is 2.93 bits per heavy atom. The van der Waals surface area contributed by atoms with E-state index >= 15 is 0 Å². The van der Waals surface area contributed by atoms with E-state index in [9.17, 15) is 4.79 Å². The Morgan fingerprint density at radius 1 is 1.60 bits per heavy atom. The summed E-state index contributed by atoms with van der Waals surface area (Å²) in [5.41, 5.74) is 0. The Balaban J connectivity index is 2.44. The molecule has 1 aromatic heterocycles. The molecule has 15 heavy (non-hydrogen) atoms. The van der Waals surface area contributed by atoms with Gasteiger partial charge in [-0.05, 0) is 24.8 Å². The van der Waals surface area contributed by atoms with Crippen LogP contribution in [0.1, 0.15) is 24.6 Å². The van der Waals surface area contributed by atoms with Gasteiger partial charge in [-0.1, -0.05) is 6.07 Å². The lowest BCUT2D eigenvalue weighted by molar-refractivity contribution is -0.131. The van der Waals surface area contributed by atoms with Crippen molar-refractivity contribution in [2.45, 2.75) is 26.3 Å². The molecule has 0 fully saturated rings. The molecule has 0 saturated heterocycles. The fourth-order valence-electron chi connectivity index (χ4n) is 1.34. The van der Waals surface area contributed by atoms with Gasteiger partial charge in [0.15, 0.2) is 0 Å². The highest BCUT2D eigenvalue weighted by atomic mass is 35.5. The van der Waals surface area contributed by atoms with Gasteiger partial charge in [-0.2, -0.15) is 0 Å². The van der Waals surface area contributed by atoms with Crippen molar-refractivity contribution in [2.24, 2.45) is 0 Å². The fraction of sp³-hybridized carbons (Fsp3) is 0.545. The Labute approximate surface area is 99.9 Å². The molecule has 4 heteroatoms. The lowest BCUT2D eigenvalue weighted by Crippen LogP contribution is -2.29. The summed E-state index contributed by atoms with van der Waals surface area (Å²) in [6.45, 7) is 3.50. The van der Waals surface area contributed by atoms with Gasteiger partial charge in [0.05, 0.1) is 6.54 Å². The summed E-state index contributed by atoms with van der Waals surface area (Å²) in [5, 5.41) is 2.03. The van der Waals surface area contributed by atoms with E-state index in [1.54, 1.807) is 11.3 Å². The van der Waals surface area contributed by atoms with E-state index < -0.39 is 0 Å². The molecule has 0 radical (unpaired) electrons. The van der Waals surface area contributed by atoms with Gasteiger partial charge >= 0.3 is 0 Å². The van der Waals surface area contributed by atoms with E-state index in [0.717, 1.165) is 19.5 Å². The predicted octanol–water partition coefficient (Wildman–Crippen LogP) is 3.12. The molecule has 0 aliphatic heterocycles. The summed E-state index contributed by atoms with van der Waals surface area (Å²) in [6.07, 6.45) is 1.32. The molecule has 0 N–H and O–H groups in total. The molecule has 1 amide bonds. The molecule has 1 rings (SSSR count). The van der Waals surface area contributed by atoms with Crippen LogP contribution in [0, 0.1) is 0 Å². The summed E-state index contributed by atoms with van der Waals surface area (Å²) >= 11 is 7.26. The second-order valence-corrected chi connectivity index (χ2v) is 4.69. The number of alkyl halides is 1. The molecule has 1 heterocycles. The average molecular weight is 246 g/mol. The van der Waals surface area contributed by atoms with Crippen molar-refractivity contribution in [3.05, 3.63) is 22.4 Å². The molecular formula is C11H16ClNOS. The molecule has 0 aliphatic rings. The third kappa shape index (κ3) is 4.22. The van der Waals surface area contributed by atoms with Gasteiger partial charge in [-0.15, -0.1) is 22.9 Å². The summed E-state index contributed by atoms with van der Waals surface area (Å²) in [7, 11) is 0. The molecule has 0 atom stereocenters. The van der Waals surface area contributed by atoms with Crippen molar-refractivity contribution in [1.82, 2.24) is 4.90 Å². The van der Waals surface area contributed by atoms with Crippen molar-refractivity contribution in [2.75, 3.05) is 12.4 Å². The van der Waals surface area contributed by atoms with Crippen LogP contribution >= 0.6 is 22.9 Å². The molecule has 0 bridgehead atoms. The van der Waals surface area contributed by atoms with Crippen LogP contribution in [0.5, 0.6) is 0 Å². The highest BCUT2D eigenvalue weighted by Gasteiger charge is 2.11. The van der Waals surface area contributed by atoms with Gasteiger partial charge in [-0.25, -0.2) is 0 Å². The summed E-state index contributed by atoms with van der Waals surface area (Å²) in [5.74, 6) is 0.758. The first-order valence-electron chi connectivity index (χ1n) is 5.14. The number of carbonyl (C=O) groups is 1. The van der Waals surface area contributed by atoms with Crippen LogP contribution < -0.4 is 0 Å². The topological polar surface area (TPSA) is 20.3 Å². The van der Waals surface area contributed by atoms with Gasteiger partial charge in [0, 0.05) is 23.7 Å². The van der Waals surface area contributed by atoms with Crippen molar-refractivity contribution in [1.29, 1.82) is 0 Å². The normalized spacial score (nSPS) is 10.3. The minimum atomic E-state index is 0.201. The molecule has 84 valence electrons. The number of rotatable bonds is 6. The van der Waals surface area contributed by atoms with Crippen molar-refractivity contribution >= 4 is 28.8 Å². The molecular weight excluding hydrogens is 230 g/mol. The van der Waals surface area contributed by atoms with E-state index in [1.165, 1.54) is 4.88 Å². The standard InChI is InChI=1S/C11H16ClNOS/c1-2-13(11(14)6-3-7-12)9-10-5-4-8-15-10/h4-5,8H,2-3,6-7,9H2,1H3. The third-order valence-electron chi connectivity index (χ3n) is 2.19. The van der Waals surface area contributed by atoms with E-state index in [2.05, 4.69) is 6.07 Å². The Kier molecular flexibility index (Phi) is 5.73. The molecule has 2 nitrogen and oxygen atoms in total. The fourth-order valence-corrected chi connectivity index (χ4v) is 2.20. The summed E-state index contributed by atoms with van der Waals surface area (Å²) < 4.78 is 0. The van der Waals surface area contributed by atoms with Crippen LogP contribution in [-0.4, -0.2) is 23.2 Å². The molecule has 0 spiro atoms. The number of carbonyl (C=O) groups excluding carboxylic acids is 1. The van der Waals surface area contributed by atoms with Crippen molar-refractivity contribution in [3.63, 3.8) is 0 Å². The second-order valence-electron chi connectivity index (χ2n) is 3.28. The largest absolute Gasteiger partial charge is 0.338 e. The zero-order chi connectivity index (χ0) is 11.1. The number of hydrogen-bond acceptors (Lipinski definition) is 2. The number of hydrogen-bond donors (Lipinski definition) is 0. The zero-order valence-electron chi connectivity index (χ0n) is 8.91. The molecule has 1 aromatic rings. The first-order chi connectivity index (χ1) is 7.27. The maximum Gasteiger partial charge on any atom is 0.222 e. The summed E-state index contributed by atoms with van der Waals surface area (Å²) in [6, 6.07) is 4.07. The second kappa shape index (κ2) is 6.85.